The summed E-state index contributed by atoms with van der Waals surface area (Å²) in [5.41, 5.74) is 0.814. The molecule has 0 spiro atoms. The molecule has 1 atom stereocenters. The lowest BCUT2D eigenvalue weighted by Crippen LogP contribution is -2.41. The number of hydrogen-bond acceptors (Lipinski definition) is 3. The van der Waals surface area contributed by atoms with Crippen molar-refractivity contribution in [3.05, 3.63) is 64.4 Å². The zero-order chi connectivity index (χ0) is 20.7. The highest BCUT2D eigenvalue weighted by Crippen LogP contribution is 2.26. The molecule has 0 fully saturated rings. The molecule has 0 aliphatic carbocycles. The fourth-order valence-corrected chi connectivity index (χ4v) is 2.87. The highest BCUT2D eigenvalue weighted by atomic mass is 35.5. The average Bonchev–Trinajstić information content (AvgIpc) is 2.65. The fraction of sp³-hybridized carbons (Fsp3) is 0.333. The Balaban J connectivity index is 1.82. The van der Waals surface area contributed by atoms with Gasteiger partial charge in [-0.25, -0.2) is 4.39 Å². The second kappa shape index (κ2) is 10.1. The zero-order valence-electron chi connectivity index (χ0n) is 16.1. The van der Waals surface area contributed by atoms with Gasteiger partial charge in [0.15, 0.2) is 6.10 Å². The molecule has 2 aromatic rings. The number of para-hydroxylation sites is 1. The number of halogens is 2. The molecule has 0 aliphatic rings. The van der Waals surface area contributed by atoms with Gasteiger partial charge in [0.2, 0.25) is 0 Å². The Kier molecular flexibility index (Phi) is 7.81. The van der Waals surface area contributed by atoms with Gasteiger partial charge in [-0.05, 0) is 36.6 Å². The third kappa shape index (κ3) is 5.70. The molecule has 150 valence electrons. The van der Waals surface area contributed by atoms with Crippen molar-refractivity contribution in [2.75, 3.05) is 13.1 Å². The smallest absolute Gasteiger partial charge is 0.260 e. The second-order valence-corrected chi connectivity index (χ2v) is 7.00. The molecule has 1 unspecified atom stereocenters. The van der Waals surface area contributed by atoms with Crippen LogP contribution < -0.4 is 15.4 Å². The molecule has 0 saturated heterocycles. The van der Waals surface area contributed by atoms with Crippen LogP contribution >= 0.6 is 11.6 Å². The Bertz CT molecular complexity index is 822. The molecule has 0 saturated carbocycles. The minimum absolute atomic E-state index is 0.0346. The Morgan fingerprint density at radius 3 is 2.39 bits per heavy atom. The quantitative estimate of drug-likeness (QED) is 0.653. The van der Waals surface area contributed by atoms with Crippen LogP contribution in [-0.2, 0) is 4.79 Å². The molecule has 2 aromatic carbocycles. The number of carbonyl (C=O) groups excluding carboxylic acids is 2. The summed E-state index contributed by atoms with van der Waals surface area (Å²) in [4.78, 5) is 24.3. The minimum atomic E-state index is -0.698. The Morgan fingerprint density at radius 1 is 1.04 bits per heavy atom. The maximum atomic E-state index is 13.7. The highest BCUT2D eigenvalue weighted by Gasteiger charge is 2.18. The molecular formula is C21H24ClFN2O3. The van der Waals surface area contributed by atoms with Gasteiger partial charge in [-0.1, -0.05) is 49.7 Å². The number of benzene rings is 2. The van der Waals surface area contributed by atoms with Crippen LogP contribution in [0.5, 0.6) is 5.75 Å². The van der Waals surface area contributed by atoms with Crippen molar-refractivity contribution in [1.82, 2.24) is 10.6 Å². The number of rotatable bonds is 8. The van der Waals surface area contributed by atoms with E-state index in [2.05, 4.69) is 24.5 Å². The molecule has 28 heavy (non-hydrogen) atoms. The van der Waals surface area contributed by atoms with Gasteiger partial charge in [0.1, 0.15) is 11.6 Å². The van der Waals surface area contributed by atoms with Crippen molar-refractivity contribution in [2.45, 2.75) is 32.8 Å². The lowest BCUT2D eigenvalue weighted by atomic mass is 10.0. The average molecular weight is 407 g/mol. The number of hydrogen-bond donors (Lipinski definition) is 2. The van der Waals surface area contributed by atoms with E-state index in [4.69, 9.17) is 16.3 Å². The van der Waals surface area contributed by atoms with E-state index in [-0.39, 0.29) is 35.5 Å². The van der Waals surface area contributed by atoms with Gasteiger partial charge in [-0.3, -0.25) is 9.59 Å². The molecule has 0 radical (unpaired) electrons. The highest BCUT2D eigenvalue weighted by molar-refractivity contribution is 6.33. The molecule has 0 aliphatic heterocycles. The maximum Gasteiger partial charge on any atom is 0.260 e. The van der Waals surface area contributed by atoms with Crippen LogP contribution in [0.25, 0.3) is 0 Å². The molecule has 0 bridgehead atoms. The lowest BCUT2D eigenvalue weighted by molar-refractivity contribution is -0.127. The van der Waals surface area contributed by atoms with Crippen LogP contribution in [0.2, 0.25) is 5.02 Å². The third-order valence-electron chi connectivity index (χ3n) is 4.11. The van der Waals surface area contributed by atoms with Crippen molar-refractivity contribution in [3.63, 3.8) is 0 Å². The summed E-state index contributed by atoms with van der Waals surface area (Å²) >= 11 is 5.85. The molecule has 2 amide bonds. The van der Waals surface area contributed by atoms with E-state index in [0.717, 1.165) is 11.6 Å². The largest absolute Gasteiger partial charge is 0.481 e. The third-order valence-corrected chi connectivity index (χ3v) is 4.43. The summed E-state index contributed by atoms with van der Waals surface area (Å²) in [6.45, 7) is 6.07. The minimum Gasteiger partial charge on any atom is -0.481 e. The lowest BCUT2D eigenvalue weighted by Gasteiger charge is -2.18. The van der Waals surface area contributed by atoms with Crippen LogP contribution in [0.15, 0.2) is 42.5 Å². The second-order valence-electron chi connectivity index (χ2n) is 6.60. The number of amides is 2. The Hall–Kier alpha value is -2.60. The van der Waals surface area contributed by atoms with Gasteiger partial charge in [-0.15, -0.1) is 0 Å². The molecule has 2 rings (SSSR count). The van der Waals surface area contributed by atoms with Crippen LogP contribution in [0.3, 0.4) is 0 Å². The van der Waals surface area contributed by atoms with Crippen molar-refractivity contribution in [2.24, 2.45) is 0 Å². The van der Waals surface area contributed by atoms with E-state index in [1.807, 2.05) is 24.3 Å². The van der Waals surface area contributed by atoms with Crippen LogP contribution in [0, 0.1) is 5.82 Å². The van der Waals surface area contributed by atoms with Gasteiger partial charge in [0.05, 0.1) is 10.6 Å². The SMILES string of the molecule is CC(Oc1ccccc1C(C)C)C(=O)NCCNC(=O)c1c(F)cccc1Cl. The topological polar surface area (TPSA) is 67.4 Å². The van der Waals surface area contributed by atoms with Gasteiger partial charge < -0.3 is 15.4 Å². The summed E-state index contributed by atoms with van der Waals surface area (Å²) in [6, 6.07) is 11.6. The van der Waals surface area contributed by atoms with Crippen LogP contribution in [0.1, 0.15) is 42.6 Å². The van der Waals surface area contributed by atoms with Crippen molar-refractivity contribution in [3.8, 4) is 5.75 Å². The normalized spacial score (nSPS) is 11.8. The van der Waals surface area contributed by atoms with Crippen molar-refractivity contribution in [1.29, 1.82) is 0 Å². The van der Waals surface area contributed by atoms with Gasteiger partial charge >= 0.3 is 0 Å². The monoisotopic (exact) mass is 406 g/mol. The summed E-state index contributed by atoms with van der Waals surface area (Å²) in [7, 11) is 0. The first-order valence-corrected chi connectivity index (χ1v) is 9.44. The summed E-state index contributed by atoms with van der Waals surface area (Å²) < 4.78 is 19.5. The summed E-state index contributed by atoms with van der Waals surface area (Å²) in [5, 5.41) is 5.25. The van der Waals surface area contributed by atoms with Gasteiger partial charge in [0, 0.05) is 13.1 Å². The number of ether oxygens (including phenoxy) is 1. The Labute approximate surface area is 169 Å². The first-order chi connectivity index (χ1) is 13.3. The molecule has 0 heterocycles. The molecular weight excluding hydrogens is 383 g/mol. The van der Waals surface area contributed by atoms with E-state index in [1.54, 1.807) is 6.92 Å². The first kappa shape index (κ1) is 21.7. The van der Waals surface area contributed by atoms with Crippen molar-refractivity contribution < 1.29 is 18.7 Å². The molecule has 7 heteroatoms. The van der Waals surface area contributed by atoms with E-state index in [1.165, 1.54) is 12.1 Å². The first-order valence-electron chi connectivity index (χ1n) is 9.06. The number of carbonyl (C=O) groups is 2. The van der Waals surface area contributed by atoms with Gasteiger partial charge in [-0.2, -0.15) is 0 Å². The predicted molar refractivity (Wildman–Crippen MR) is 107 cm³/mol. The maximum absolute atomic E-state index is 13.7. The van der Waals surface area contributed by atoms with E-state index in [9.17, 15) is 14.0 Å². The predicted octanol–water partition coefficient (Wildman–Crippen LogP) is 3.92. The molecule has 0 aromatic heterocycles. The number of nitrogens with one attached hydrogen (secondary N) is 2. The fourth-order valence-electron chi connectivity index (χ4n) is 2.62. The van der Waals surface area contributed by atoms with E-state index < -0.39 is 17.8 Å². The Morgan fingerprint density at radius 2 is 1.71 bits per heavy atom. The van der Waals surface area contributed by atoms with Gasteiger partial charge in [0.25, 0.3) is 11.8 Å². The molecule has 2 N–H and O–H groups in total. The standard InChI is InChI=1S/C21H24ClFN2O3/c1-13(2)15-7-4-5-10-18(15)28-14(3)20(26)24-11-12-25-21(27)19-16(22)8-6-9-17(19)23/h4-10,13-14H,11-12H2,1-3H3,(H,24,26)(H,25,27). The summed E-state index contributed by atoms with van der Waals surface area (Å²) in [5.74, 6) is -0.696. The van der Waals surface area contributed by atoms with E-state index in [0.29, 0.717) is 5.75 Å². The van der Waals surface area contributed by atoms with E-state index >= 15 is 0 Å². The zero-order valence-corrected chi connectivity index (χ0v) is 16.8. The van der Waals surface area contributed by atoms with Crippen LogP contribution in [0.4, 0.5) is 4.39 Å². The van der Waals surface area contributed by atoms with Crippen LogP contribution in [-0.4, -0.2) is 31.0 Å². The molecule has 5 nitrogen and oxygen atoms in total. The summed E-state index contributed by atoms with van der Waals surface area (Å²) in [6.07, 6.45) is -0.698. The van der Waals surface area contributed by atoms with Crippen molar-refractivity contribution >= 4 is 23.4 Å².